The van der Waals surface area contributed by atoms with Crippen LogP contribution in [0.2, 0.25) is 0 Å². The molecule has 1 aromatic carbocycles. The van der Waals surface area contributed by atoms with Gasteiger partial charge in [-0.05, 0) is 37.5 Å². The first-order valence-corrected chi connectivity index (χ1v) is 7.28. The number of aryl methyl sites for hydroxylation is 1. The van der Waals surface area contributed by atoms with Crippen LogP contribution in [-0.4, -0.2) is 33.7 Å². The number of benzene rings is 1. The Hall–Kier alpha value is -1.57. The van der Waals surface area contributed by atoms with Gasteiger partial charge in [0.05, 0.1) is 17.9 Å². The minimum Gasteiger partial charge on any atom is -0.370 e. The number of aromatic nitrogens is 2. The van der Waals surface area contributed by atoms with Gasteiger partial charge < -0.3 is 10.6 Å². The van der Waals surface area contributed by atoms with Crippen molar-refractivity contribution in [2.24, 2.45) is 10.7 Å². The zero-order valence-corrected chi connectivity index (χ0v) is 15.3. The third-order valence-electron chi connectivity index (χ3n) is 3.83. The van der Waals surface area contributed by atoms with Crippen molar-refractivity contribution < 1.29 is 0 Å². The van der Waals surface area contributed by atoms with Crippen LogP contribution in [0.15, 0.2) is 41.5 Å². The van der Waals surface area contributed by atoms with Gasteiger partial charge in [0.1, 0.15) is 0 Å². The van der Waals surface area contributed by atoms with Gasteiger partial charge in [0.15, 0.2) is 5.96 Å². The van der Waals surface area contributed by atoms with Crippen LogP contribution in [0.25, 0.3) is 5.69 Å². The lowest BCUT2D eigenvalue weighted by atomic mass is 10.2. The number of rotatable bonds is 4. The Balaban J connectivity index is 0.00000176. The van der Waals surface area contributed by atoms with Gasteiger partial charge in [-0.1, -0.05) is 18.2 Å². The normalized spacial score (nSPS) is 14.5. The maximum atomic E-state index is 6.05. The van der Waals surface area contributed by atoms with Crippen molar-refractivity contribution in [1.29, 1.82) is 0 Å². The molecule has 0 radical (unpaired) electrons. The highest BCUT2D eigenvalue weighted by Gasteiger charge is 2.27. The van der Waals surface area contributed by atoms with E-state index in [-0.39, 0.29) is 24.0 Å². The third-order valence-corrected chi connectivity index (χ3v) is 3.83. The third kappa shape index (κ3) is 3.79. The number of hydrogen-bond donors (Lipinski definition) is 1. The molecule has 5 nitrogen and oxygen atoms in total. The van der Waals surface area contributed by atoms with E-state index in [0.29, 0.717) is 18.5 Å². The Morgan fingerprint density at radius 3 is 2.73 bits per heavy atom. The van der Waals surface area contributed by atoms with E-state index in [1.807, 2.05) is 43.0 Å². The highest BCUT2D eigenvalue weighted by Crippen LogP contribution is 2.25. The summed E-state index contributed by atoms with van der Waals surface area (Å²) < 4.78 is 1.89. The summed E-state index contributed by atoms with van der Waals surface area (Å²) in [6, 6.07) is 10.7. The van der Waals surface area contributed by atoms with Gasteiger partial charge in [-0.15, -0.1) is 24.0 Å². The van der Waals surface area contributed by atoms with Gasteiger partial charge in [-0.2, -0.15) is 5.10 Å². The topological polar surface area (TPSA) is 59.4 Å². The van der Waals surface area contributed by atoms with Crippen LogP contribution in [-0.2, 0) is 6.54 Å². The van der Waals surface area contributed by atoms with Crippen molar-refractivity contribution in [2.45, 2.75) is 32.4 Å². The second kappa shape index (κ2) is 7.13. The molecule has 22 heavy (non-hydrogen) atoms. The van der Waals surface area contributed by atoms with Gasteiger partial charge in [-0.25, -0.2) is 9.67 Å². The molecule has 0 spiro atoms. The zero-order chi connectivity index (χ0) is 14.8. The number of para-hydroxylation sites is 1. The zero-order valence-electron chi connectivity index (χ0n) is 12.9. The molecule has 1 heterocycles. The molecule has 3 rings (SSSR count). The van der Waals surface area contributed by atoms with Gasteiger partial charge in [0.2, 0.25) is 0 Å². The minimum absolute atomic E-state index is 0. The maximum Gasteiger partial charge on any atom is 0.191 e. The number of aliphatic imine (C=N–C) groups is 1. The maximum absolute atomic E-state index is 6.05. The predicted octanol–water partition coefficient (Wildman–Crippen LogP) is 2.71. The minimum atomic E-state index is 0. The molecule has 0 saturated heterocycles. The summed E-state index contributed by atoms with van der Waals surface area (Å²) in [6.45, 7) is 2.55. The second-order valence-electron chi connectivity index (χ2n) is 5.55. The average Bonchev–Trinajstić information content (AvgIpc) is 3.26. The monoisotopic (exact) mass is 411 g/mol. The van der Waals surface area contributed by atoms with Crippen molar-refractivity contribution in [1.82, 2.24) is 14.7 Å². The summed E-state index contributed by atoms with van der Waals surface area (Å²) >= 11 is 0. The summed E-state index contributed by atoms with van der Waals surface area (Å²) in [5.74, 6) is 0.615. The van der Waals surface area contributed by atoms with Crippen LogP contribution in [0, 0.1) is 6.92 Å². The summed E-state index contributed by atoms with van der Waals surface area (Å²) in [5.41, 5.74) is 9.22. The Morgan fingerprint density at radius 2 is 2.09 bits per heavy atom. The fourth-order valence-electron chi connectivity index (χ4n) is 2.34. The SMILES string of the molecule is Cc1ccn(-c2ccccc2CN=C(N)N(C)C2CC2)n1.I. The highest BCUT2D eigenvalue weighted by atomic mass is 127. The molecular formula is C16H22IN5. The van der Waals surface area contributed by atoms with E-state index >= 15 is 0 Å². The van der Waals surface area contributed by atoms with Crippen molar-refractivity contribution >= 4 is 29.9 Å². The van der Waals surface area contributed by atoms with Crippen molar-refractivity contribution in [3.8, 4) is 5.69 Å². The van der Waals surface area contributed by atoms with E-state index in [4.69, 9.17) is 5.73 Å². The van der Waals surface area contributed by atoms with E-state index in [9.17, 15) is 0 Å². The first-order valence-electron chi connectivity index (χ1n) is 7.28. The molecule has 6 heteroatoms. The van der Waals surface area contributed by atoms with Crippen LogP contribution in [0.3, 0.4) is 0 Å². The lowest BCUT2D eigenvalue weighted by Gasteiger charge is -2.17. The number of guanidine groups is 1. The van der Waals surface area contributed by atoms with Crippen molar-refractivity contribution in [3.63, 3.8) is 0 Å². The summed E-state index contributed by atoms with van der Waals surface area (Å²) in [6.07, 6.45) is 4.41. The predicted molar refractivity (Wildman–Crippen MR) is 99.8 cm³/mol. The molecular weight excluding hydrogens is 389 g/mol. The summed E-state index contributed by atoms with van der Waals surface area (Å²) in [5, 5.41) is 4.47. The lowest BCUT2D eigenvalue weighted by Crippen LogP contribution is -2.35. The van der Waals surface area contributed by atoms with E-state index in [0.717, 1.165) is 16.9 Å². The fraction of sp³-hybridized carbons (Fsp3) is 0.375. The van der Waals surface area contributed by atoms with Crippen LogP contribution in [0.4, 0.5) is 0 Å². The molecule has 0 unspecified atom stereocenters. The smallest absolute Gasteiger partial charge is 0.191 e. The molecule has 2 aromatic rings. The van der Waals surface area contributed by atoms with Crippen LogP contribution >= 0.6 is 24.0 Å². The average molecular weight is 411 g/mol. The number of nitrogens with two attached hydrogens (primary N) is 1. The molecule has 1 aliphatic carbocycles. The molecule has 2 N–H and O–H groups in total. The molecule has 118 valence electrons. The molecule has 0 atom stereocenters. The summed E-state index contributed by atoms with van der Waals surface area (Å²) in [4.78, 5) is 6.60. The molecule has 1 aliphatic rings. The molecule has 0 aliphatic heterocycles. The largest absolute Gasteiger partial charge is 0.370 e. The summed E-state index contributed by atoms with van der Waals surface area (Å²) in [7, 11) is 2.01. The molecule has 1 fully saturated rings. The van der Waals surface area contributed by atoms with Gasteiger partial charge in [0.25, 0.3) is 0 Å². The number of halogens is 1. The lowest BCUT2D eigenvalue weighted by molar-refractivity contribution is 0.487. The fourth-order valence-corrected chi connectivity index (χ4v) is 2.34. The number of nitrogens with zero attached hydrogens (tertiary/aromatic N) is 4. The van der Waals surface area contributed by atoms with Gasteiger partial charge >= 0.3 is 0 Å². The molecule has 1 aromatic heterocycles. The Morgan fingerprint density at radius 1 is 1.36 bits per heavy atom. The van der Waals surface area contributed by atoms with Crippen molar-refractivity contribution in [3.05, 3.63) is 47.8 Å². The van der Waals surface area contributed by atoms with Crippen LogP contribution < -0.4 is 5.73 Å². The van der Waals surface area contributed by atoms with Crippen LogP contribution in [0.5, 0.6) is 0 Å². The second-order valence-corrected chi connectivity index (χ2v) is 5.55. The highest BCUT2D eigenvalue weighted by molar-refractivity contribution is 14.0. The molecule has 0 amide bonds. The van der Waals surface area contributed by atoms with E-state index in [2.05, 4.69) is 27.1 Å². The quantitative estimate of drug-likeness (QED) is 0.478. The van der Waals surface area contributed by atoms with Crippen LogP contribution in [0.1, 0.15) is 24.1 Å². The number of hydrogen-bond acceptors (Lipinski definition) is 2. The van der Waals surface area contributed by atoms with Gasteiger partial charge in [0, 0.05) is 19.3 Å². The Labute approximate surface area is 148 Å². The van der Waals surface area contributed by atoms with Crippen molar-refractivity contribution in [2.75, 3.05) is 7.05 Å². The molecule has 0 bridgehead atoms. The Kier molecular flexibility index (Phi) is 5.44. The first-order chi connectivity index (χ1) is 10.1. The standard InChI is InChI=1S/C16H21N5.HI/c1-12-9-10-21(19-12)15-6-4-3-5-13(15)11-18-16(17)20(2)14-7-8-14;/h3-6,9-10,14H,7-8,11H2,1-2H3,(H2,17,18);1H. The molecule has 1 saturated carbocycles. The first kappa shape index (κ1) is 16.8. The van der Waals surface area contributed by atoms with Gasteiger partial charge in [-0.3, -0.25) is 0 Å². The van der Waals surface area contributed by atoms with E-state index < -0.39 is 0 Å². The van der Waals surface area contributed by atoms with E-state index in [1.165, 1.54) is 12.8 Å². The van der Waals surface area contributed by atoms with E-state index in [1.54, 1.807) is 0 Å². The Bertz CT molecular complexity index is 660.